The predicted molar refractivity (Wildman–Crippen MR) is 133 cm³/mol. The first kappa shape index (κ1) is 23.5. The summed E-state index contributed by atoms with van der Waals surface area (Å²) in [6, 6.07) is 14.5. The maximum Gasteiger partial charge on any atom is 0.218 e. The minimum Gasteiger partial charge on any atom is -0.443 e. The van der Waals surface area contributed by atoms with Gasteiger partial charge in [0.05, 0.1) is 12.0 Å². The van der Waals surface area contributed by atoms with Crippen LogP contribution in [0.25, 0.3) is 11.3 Å². The van der Waals surface area contributed by atoms with Crippen molar-refractivity contribution in [1.29, 1.82) is 5.26 Å². The zero-order chi connectivity index (χ0) is 23.5. The van der Waals surface area contributed by atoms with E-state index < -0.39 is 0 Å². The Labute approximate surface area is 195 Å². The number of aliphatic imine (C=N–C) groups is 1. The fourth-order valence-corrected chi connectivity index (χ4v) is 3.87. The van der Waals surface area contributed by atoms with Crippen molar-refractivity contribution in [2.75, 3.05) is 13.6 Å². The summed E-state index contributed by atoms with van der Waals surface area (Å²) in [5.41, 5.74) is 6.21. The Kier molecular flexibility index (Phi) is 7.00. The molecule has 0 atom stereocenters. The maximum atomic E-state index is 9.84. The summed E-state index contributed by atoms with van der Waals surface area (Å²) in [6.45, 7) is 13.5. The van der Waals surface area contributed by atoms with E-state index in [1.165, 1.54) is 17.1 Å². The molecule has 0 unspecified atom stereocenters. The molecule has 0 N–H and O–H groups in total. The molecule has 1 aromatic heterocycles. The summed E-state index contributed by atoms with van der Waals surface area (Å²) < 4.78 is 10.7. The predicted octanol–water partition coefficient (Wildman–Crippen LogP) is 7.00. The van der Waals surface area contributed by atoms with Gasteiger partial charge < -0.3 is 9.64 Å². The highest BCUT2D eigenvalue weighted by Crippen LogP contribution is 2.39. The maximum absolute atomic E-state index is 9.84. The second kappa shape index (κ2) is 9.54. The Balaban J connectivity index is 1.89. The topological polar surface area (TPSA) is 61.5 Å². The van der Waals surface area contributed by atoms with E-state index in [2.05, 4.69) is 55.3 Å². The molecule has 0 saturated carbocycles. The minimum atomic E-state index is 0.0739. The van der Waals surface area contributed by atoms with Crippen molar-refractivity contribution in [3.8, 4) is 28.1 Å². The molecule has 3 aromatic rings. The van der Waals surface area contributed by atoms with Crippen molar-refractivity contribution >= 4 is 23.6 Å². The van der Waals surface area contributed by atoms with Gasteiger partial charge in [0, 0.05) is 30.7 Å². The summed E-state index contributed by atoms with van der Waals surface area (Å²) in [5.74, 6) is 0.708. The normalized spacial score (nSPS) is 11.6. The molecule has 0 fully saturated rings. The summed E-state index contributed by atoms with van der Waals surface area (Å²) in [4.78, 5) is 6.59. The van der Waals surface area contributed by atoms with E-state index in [-0.39, 0.29) is 5.41 Å². The SMILES string of the molecule is CCN(C)C=Nc1cc(C)c(Oc2snc(-c3ccc(C(C)(C)C)cc3)c2C#N)cc1C. The monoisotopic (exact) mass is 446 g/mol. The average Bonchev–Trinajstić information content (AvgIpc) is 3.16. The number of hydrogen-bond acceptors (Lipinski definition) is 5. The van der Waals surface area contributed by atoms with Gasteiger partial charge in [-0.3, -0.25) is 0 Å². The van der Waals surface area contributed by atoms with Crippen LogP contribution in [0.2, 0.25) is 0 Å². The third kappa shape index (κ3) is 5.17. The van der Waals surface area contributed by atoms with Gasteiger partial charge in [-0.1, -0.05) is 45.0 Å². The molecule has 0 saturated heterocycles. The third-order valence-corrected chi connectivity index (χ3v) is 6.11. The van der Waals surface area contributed by atoms with Crippen LogP contribution in [0, 0.1) is 25.2 Å². The molecule has 0 bridgehead atoms. The molecule has 0 aliphatic carbocycles. The highest BCUT2D eigenvalue weighted by atomic mass is 32.1. The van der Waals surface area contributed by atoms with Crippen molar-refractivity contribution in [3.63, 3.8) is 0 Å². The first-order chi connectivity index (χ1) is 15.1. The second-order valence-corrected chi connectivity index (χ2v) is 9.69. The number of aromatic nitrogens is 1. The van der Waals surface area contributed by atoms with Gasteiger partial charge in [0.25, 0.3) is 0 Å². The van der Waals surface area contributed by atoms with E-state index in [0.29, 0.717) is 22.1 Å². The lowest BCUT2D eigenvalue weighted by atomic mass is 9.86. The van der Waals surface area contributed by atoms with Gasteiger partial charge in [-0.15, -0.1) is 0 Å². The van der Waals surface area contributed by atoms with Crippen molar-refractivity contribution < 1.29 is 4.74 Å². The summed E-state index contributed by atoms with van der Waals surface area (Å²) in [5, 5.41) is 10.3. The minimum absolute atomic E-state index is 0.0739. The summed E-state index contributed by atoms with van der Waals surface area (Å²) >= 11 is 1.21. The van der Waals surface area contributed by atoms with E-state index in [0.717, 1.165) is 28.9 Å². The van der Waals surface area contributed by atoms with Gasteiger partial charge in [-0.2, -0.15) is 9.64 Å². The van der Waals surface area contributed by atoms with Crippen molar-refractivity contribution in [3.05, 3.63) is 58.7 Å². The Morgan fingerprint density at radius 1 is 1.16 bits per heavy atom. The van der Waals surface area contributed by atoms with E-state index in [1.54, 1.807) is 0 Å². The lowest BCUT2D eigenvalue weighted by Gasteiger charge is -2.18. The molecule has 0 spiro atoms. The van der Waals surface area contributed by atoms with E-state index in [4.69, 9.17) is 4.74 Å². The molecule has 3 rings (SSSR count). The van der Waals surface area contributed by atoms with Crippen LogP contribution in [0.1, 0.15) is 49.9 Å². The van der Waals surface area contributed by atoms with Gasteiger partial charge >= 0.3 is 0 Å². The summed E-state index contributed by atoms with van der Waals surface area (Å²) in [7, 11) is 1.99. The number of nitrogens with zero attached hydrogens (tertiary/aromatic N) is 4. The van der Waals surface area contributed by atoms with Gasteiger partial charge in [-0.25, -0.2) is 4.99 Å². The highest BCUT2D eigenvalue weighted by molar-refractivity contribution is 7.08. The number of nitriles is 1. The average molecular weight is 447 g/mol. The zero-order valence-corrected chi connectivity index (χ0v) is 20.7. The Bertz CT molecular complexity index is 1160. The van der Waals surface area contributed by atoms with Crippen LogP contribution in [0.3, 0.4) is 0 Å². The number of benzene rings is 2. The van der Waals surface area contributed by atoms with E-state index >= 15 is 0 Å². The molecule has 2 aromatic carbocycles. The molecular weight excluding hydrogens is 416 g/mol. The second-order valence-electron chi connectivity index (χ2n) is 8.96. The molecular formula is C26H30N4OS. The Morgan fingerprint density at radius 3 is 2.44 bits per heavy atom. The number of rotatable bonds is 6. The highest BCUT2D eigenvalue weighted by Gasteiger charge is 2.20. The van der Waals surface area contributed by atoms with Crippen molar-refractivity contribution in [2.24, 2.45) is 4.99 Å². The van der Waals surface area contributed by atoms with Gasteiger partial charge in [-0.05, 0) is 55.0 Å². The van der Waals surface area contributed by atoms with Gasteiger partial charge in [0.15, 0.2) is 0 Å². The number of aryl methyl sites for hydroxylation is 2. The molecule has 166 valence electrons. The molecule has 0 amide bonds. The fourth-order valence-electron chi connectivity index (χ4n) is 3.13. The molecule has 1 heterocycles. The number of ether oxygens (including phenoxy) is 1. The molecule has 0 aliphatic heterocycles. The quantitative estimate of drug-likeness (QED) is 0.302. The van der Waals surface area contributed by atoms with Crippen molar-refractivity contribution in [2.45, 2.75) is 47.0 Å². The van der Waals surface area contributed by atoms with Gasteiger partial charge in [0.1, 0.15) is 23.1 Å². The van der Waals surface area contributed by atoms with Crippen LogP contribution in [0.4, 0.5) is 5.69 Å². The molecule has 6 heteroatoms. The summed E-state index contributed by atoms with van der Waals surface area (Å²) in [6.07, 6.45) is 1.83. The van der Waals surface area contributed by atoms with E-state index in [9.17, 15) is 5.26 Å². The first-order valence-corrected chi connectivity index (χ1v) is 11.5. The first-order valence-electron chi connectivity index (χ1n) is 10.7. The smallest absolute Gasteiger partial charge is 0.218 e. The van der Waals surface area contributed by atoms with Crippen LogP contribution in [0.5, 0.6) is 10.8 Å². The van der Waals surface area contributed by atoms with Crippen LogP contribution in [-0.2, 0) is 5.41 Å². The molecule has 5 nitrogen and oxygen atoms in total. The van der Waals surface area contributed by atoms with Gasteiger partial charge in [0.2, 0.25) is 5.06 Å². The number of hydrogen-bond donors (Lipinski definition) is 0. The van der Waals surface area contributed by atoms with Crippen LogP contribution in [0.15, 0.2) is 41.4 Å². The molecule has 32 heavy (non-hydrogen) atoms. The Hall–Kier alpha value is -3.17. The molecule has 0 radical (unpaired) electrons. The fraction of sp³-hybridized carbons (Fsp3) is 0.346. The largest absolute Gasteiger partial charge is 0.443 e. The third-order valence-electron chi connectivity index (χ3n) is 5.39. The lowest BCUT2D eigenvalue weighted by Crippen LogP contribution is -2.14. The Morgan fingerprint density at radius 2 is 1.84 bits per heavy atom. The zero-order valence-electron chi connectivity index (χ0n) is 19.9. The van der Waals surface area contributed by atoms with Crippen LogP contribution in [-0.4, -0.2) is 29.2 Å². The van der Waals surface area contributed by atoms with E-state index in [1.807, 2.05) is 56.4 Å². The van der Waals surface area contributed by atoms with Crippen molar-refractivity contribution in [1.82, 2.24) is 9.27 Å². The van der Waals surface area contributed by atoms with Crippen LogP contribution < -0.4 is 4.74 Å². The molecule has 0 aliphatic rings. The standard InChI is InChI=1S/C26H30N4OS/c1-8-30(7)16-28-22-13-18(3)23(14-17(22)2)31-25-21(15-27)24(29-32-25)19-9-11-20(12-10-19)26(4,5)6/h9-14,16H,8H2,1-7H3. The van der Waals surface area contributed by atoms with Crippen LogP contribution >= 0.6 is 11.5 Å². The lowest BCUT2D eigenvalue weighted by molar-refractivity contribution is 0.491.